The number of hydrogen-bond acceptors (Lipinski definition) is 3. The van der Waals surface area contributed by atoms with Crippen LogP contribution in [-0.2, 0) is 4.74 Å². The van der Waals surface area contributed by atoms with Crippen molar-refractivity contribution in [3.63, 3.8) is 0 Å². The lowest BCUT2D eigenvalue weighted by Gasteiger charge is -2.36. The van der Waals surface area contributed by atoms with Gasteiger partial charge in [0.1, 0.15) is 6.10 Å². The van der Waals surface area contributed by atoms with E-state index in [2.05, 4.69) is 73.3 Å². The molecule has 1 unspecified atom stereocenters. The predicted molar refractivity (Wildman–Crippen MR) is 121 cm³/mol. The van der Waals surface area contributed by atoms with Gasteiger partial charge in [0.25, 0.3) is 0 Å². The van der Waals surface area contributed by atoms with E-state index in [1.807, 2.05) is 7.05 Å². The molecule has 1 fully saturated rings. The highest BCUT2D eigenvalue weighted by molar-refractivity contribution is 14.0. The third kappa shape index (κ3) is 7.04. The second-order valence-corrected chi connectivity index (χ2v) is 7.82. The second-order valence-electron chi connectivity index (χ2n) is 7.82. The average molecular weight is 474 g/mol. The van der Waals surface area contributed by atoms with Crippen molar-refractivity contribution in [2.24, 2.45) is 4.99 Å². The average Bonchev–Trinajstić information content (AvgIpc) is 2.54. The van der Waals surface area contributed by atoms with E-state index in [9.17, 15) is 0 Å². The lowest BCUT2D eigenvalue weighted by Crippen LogP contribution is -2.50. The summed E-state index contributed by atoms with van der Waals surface area (Å²) < 4.78 is 6.04. The Labute approximate surface area is 176 Å². The first-order valence-corrected chi connectivity index (χ1v) is 9.19. The summed E-state index contributed by atoms with van der Waals surface area (Å²) in [7, 11) is 1.85. The van der Waals surface area contributed by atoms with Gasteiger partial charge in [0.2, 0.25) is 0 Å². The fraction of sp³-hybridized carbons (Fsp3) is 0.650. The molecule has 26 heavy (non-hydrogen) atoms. The lowest BCUT2D eigenvalue weighted by atomic mass is 10.00. The van der Waals surface area contributed by atoms with Gasteiger partial charge in [0.05, 0.1) is 13.2 Å². The number of ether oxygens (including phenoxy) is 1. The van der Waals surface area contributed by atoms with E-state index in [0.29, 0.717) is 0 Å². The van der Waals surface area contributed by atoms with E-state index in [4.69, 9.17) is 4.74 Å². The van der Waals surface area contributed by atoms with Crippen LogP contribution in [0.15, 0.2) is 23.2 Å². The normalized spacial score (nSPS) is 18.5. The fourth-order valence-electron chi connectivity index (χ4n) is 3.16. The van der Waals surface area contributed by atoms with Crippen molar-refractivity contribution in [1.29, 1.82) is 0 Å². The molecule has 1 atom stereocenters. The summed E-state index contributed by atoms with van der Waals surface area (Å²) in [6, 6.07) is 6.58. The van der Waals surface area contributed by atoms with Gasteiger partial charge in [-0.1, -0.05) is 23.8 Å². The number of benzene rings is 1. The topological polar surface area (TPSA) is 48.9 Å². The first kappa shape index (κ1) is 23.2. The van der Waals surface area contributed by atoms with Crippen LogP contribution in [0.3, 0.4) is 0 Å². The number of nitrogens with zero attached hydrogens (tertiary/aromatic N) is 2. The van der Waals surface area contributed by atoms with Crippen molar-refractivity contribution >= 4 is 29.9 Å². The number of halogens is 1. The molecular weight excluding hydrogens is 439 g/mol. The maximum atomic E-state index is 6.04. The zero-order chi connectivity index (χ0) is 18.4. The molecule has 1 heterocycles. The molecule has 0 bridgehead atoms. The molecule has 1 aliphatic heterocycles. The highest BCUT2D eigenvalue weighted by atomic mass is 127. The molecule has 1 aromatic rings. The molecular formula is C20H35IN4O. The van der Waals surface area contributed by atoms with E-state index in [1.54, 1.807) is 0 Å². The summed E-state index contributed by atoms with van der Waals surface area (Å²) in [5.41, 5.74) is 4.00. The van der Waals surface area contributed by atoms with Gasteiger partial charge in [-0.15, -0.1) is 24.0 Å². The number of aryl methyl sites for hydroxylation is 2. The van der Waals surface area contributed by atoms with Crippen molar-refractivity contribution in [2.45, 2.75) is 46.3 Å². The largest absolute Gasteiger partial charge is 0.370 e. The minimum absolute atomic E-state index is 0. The third-order valence-electron chi connectivity index (χ3n) is 4.41. The van der Waals surface area contributed by atoms with Gasteiger partial charge in [-0.05, 0) is 45.7 Å². The summed E-state index contributed by atoms with van der Waals surface area (Å²) in [4.78, 5) is 6.75. The predicted octanol–water partition coefficient (Wildman–Crippen LogP) is 3.26. The Morgan fingerprint density at radius 1 is 1.27 bits per heavy atom. The van der Waals surface area contributed by atoms with Crippen molar-refractivity contribution < 1.29 is 4.74 Å². The van der Waals surface area contributed by atoms with Crippen molar-refractivity contribution in [1.82, 2.24) is 15.5 Å². The Bertz CT molecular complexity index is 598. The molecule has 0 spiro atoms. The molecule has 6 heteroatoms. The van der Waals surface area contributed by atoms with Crippen LogP contribution in [0.1, 0.15) is 43.6 Å². The number of hydrogen-bond donors (Lipinski definition) is 2. The molecule has 0 aliphatic carbocycles. The van der Waals surface area contributed by atoms with Crippen LogP contribution >= 0.6 is 24.0 Å². The Hall–Kier alpha value is -0.860. The van der Waals surface area contributed by atoms with Crippen LogP contribution < -0.4 is 10.6 Å². The van der Waals surface area contributed by atoms with Crippen molar-refractivity contribution in [2.75, 3.05) is 39.8 Å². The summed E-state index contributed by atoms with van der Waals surface area (Å²) in [6.07, 6.45) is 0.0978. The van der Waals surface area contributed by atoms with E-state index < -0.39 is 0 Å². The minimum atomic E-state index is 0. The summed E-state index contributed by atoms with van der Waals surface area (Å²) in [6.45, 7) is 15.0. The van der Waals surface area contributed by atoms with Gasteiger partial charge in [0, 0.05) is 32.2 Å². The summed E-state index contributed by atoms with van der Waals surface area (Å²) in [5, 5.41) is 6.96. The molecule has 148 valence electrons. The number of rotatable bonds is 4. The number of aliphatic imine (C=N–C) groups is 1. The van der Waals surface area contributed by atoms with Crippen molar-refractivity contribution in [3.05, 3.63) is 34.9 Å². The van der Waals surface area contributed by atoms with Gasteiger partial charge >= 0.3 is 0 Å². The first-order chi connectivity index (χ1) is 11.8. The molecule has 1 saturated heterocycles. The number of nitrogens with one attached hydrogen (secondary N) is 2. The van der Waals surface area contributed by atoms with Crippen LogP contribution in [0.5, 0.6) is 0 Å². The first-order valence-electron chi connectivity index (χ1n) is 9.19. The number of morpholine rings is 1. The summed E-state index contributed by atoms with van der Waals surface area (Å²) >= 11 is 0. The van der Waals surface area contributed by atoms with Gasteiger partial charge < -0.3 is 20.3 Å². The molecule has 5 nitrogen and oxygen atoms in total. The Kier molecular flexibility index (Phi) is 9.33. The zero-order valence-electron chi connectivity index (χ0n) is 17.1. The SMILES string of the molecule is CN=C(NCCNC(C)(C)C)N1CCOC(c2ccc(C)cc2C)C1.I. The minimum Gasteiger partial charge on any atom is -0.370 e. The zero-order valence-corrected chi connectivity index (χ0v) is 19.4. The van der Waals surface area contributed by atoms with Gasteiger partial charge in [-0.3, -0.25) is 4.99 Å². The molecule has 0 aromatic heterocycles. The smallest absolute Gasteiger partial charge is 0.193 e. The summed E-state index contributed by atoms with van der Waals surface area (Å²) in [5.74, 6) is 0.953. The molecule has 0 saturated carbocycles. The van der Waals surface area contributed by atoms with Gasteiger partial charge in [0.15, 0.2) is 5.96 Å². The van der Waals surface area contributed by atoms with E-state index in [0.717, 1.165) is 38.7 Å². The highest BCUT2D eigenvalue weighted by Crippen LogP contribution is 2.25. The molecule has 2 rings (SSSR count). The van der Waals surface area contributed by atoms with Crippen LogP contribution in [0.4, 0.5) is 0 Å². The molecule has 0 amide bonds. The Morgan fingerprint density at radius 3 is 2.62 bits per heavy atom. The maximum absolute atomic E-state index is 6.04. The van der Waals surface area contributed by atoms with Crippen LogP contribution in [0, 0.1) is 13.8 Å². The molecule has 1 aliphatic rings. The van der Waals surface area contributed by atoms with Gasteiger partial charge in [-0.2, -0.15) is 0 Å². The van der Waals surface area contributed by atoms with Crippen LogP contribution in [-0.4, -0.2) is 56.2 Å². The van der Waals surface area contributed by atoms with E-state index in [1.165, 1.54) is 16.7 Å². The third-order valence-corrected chi connectivity index (χ3v) is 4.41. The lowest BCUT2D eigenvalue weighted by molar-refractivity contribution is -0.00830. The number of guanidine groups is 1. The maximum Gasteiger partial charge on any atom is 0.193 e. The fourth-order valence-corrected chi connectivity index (χ4v) is 3.16. The molecule has 0 radical (unpaired) electrons. The quantitative estimate of drug-likeness (QED) is 0.305. The second kappa shape index (κ2) is 10.5. The van der Waals surface area contributed by atoms with Gasteiger partial charge in [-0.25, -0.2) is 0 Å². The monoisotopic (exact) mass is 474 g/mol. The Morgan fingerprint density at radius 2 is 2.00 bits per heavy atom. The molecule has 1 aromatic carbocycles. The Balaban J connectivity index is 0.00000338. The highest BCUT2D eigenvalue weighted by Gasteiger charge is 2.25. The van der Waals surface area contributed by atoms with Crippen LogP contribution in [0.2, 0.25) is 0 Å². The van der Waals surface area contributed by atoms with E-state index >= 15 is 0 Å². The van der Waals surface area contributed by atoms with Crippen molar-refractivity contribution in [3.8, 4) is 0 Å². The van der Waals surface area contributed by atoms with Crippen LogP contribution in [0.25, 0.3) is 0 Å². The van der Waals surface area contributed by atoms with E-state index in [-0.39, 0.29) is 35.6 Å². The standard InChI is InChI=1S/C20H34N4O.HI/c1-15-7-8-17(16(2)13-15)18-14-24(11-12-25-18)19(21-6)22-9-10-23-20(3,4)5;/h7-8,13,18,23H,9-12,14H2,1-6H3,(H,21,22);1H. The molecule has 2 N–H and O–H groups in total.